The number of piperidine rings is 1. The largest absolute Gasteiger partial charge is 0.486 e. The SMILES string of the molecule is O=C(O)/C=C(\OC[C@H]1CN2[C@@H]3CC[C@H]2[C@@H]1[C@H](c1ccc(Cl)c(Cl)c1)C3)C(=O)O. The van der Waals surface area contributed by atoms with Gasteiger partial charge in [-0.05, 0) is 48.8 Å². The van der Waals surface area contributed by atoms with Crippen molar-refractivity contribution in [3.8, 4) is 0 Å². The third-order valence-electron chi connectivity index (χ3n) is 6.41. The van der Waals surface area contributed by atoms with Gasteiger partial charge in [0.05, 0.1) is 22.7 Å². The van der Waals surface area contributed by atoms with Gasteiger partial charge in [-0.2, -0.15) is 0 Å². The molecule has 6 atom stereocenters. The van der Waals surface area contributed by atoms with Crippen LogP contribution in [0.25, 0.3) is 0 Å². The van der Waals surface area contributed by atoms with Gasteiger partial charge in [-0.3, -0.25) is 4.90 Å². The Balaban J connectivity index is 1.57. The van der Waals surface area contributed by atoms with Crippen LogP contribution in [0.1, 0.15) is 30.7 Å². The van der Waals surface area contributed by atoms with Gasteiger partial charge >= 0.3 is 11.9 Å². The summed E-state index contributed by atoms with van der Waals surface area (Å²) in [5, 5.41) is 19.1. The van der Waals surface area contributed by atoms with Crippen LogP contribution in [0.3, 0.4) is 0 Å². The van der Waals surface area contributed by atoms with Crippen LogP contribution in [0.5, 0.6) is 0 Å². The summed E-state index contributed by atoms with van der Waals surface area (Å²) in [6.45, 7) is 1.03. The molecule has 0 aliphatic carbocycles. The van der Waals surface area contributed by atoms with Crippen molar-refractivity contribution in [1.82, 2.24) is 4.90 Å². The molecule has 0 spiro atoms. The van der Waals surface area contributed by atoms with Gasteiger partial charge in [0, 0.05) is 24.5 Å². The average molecular weight is 426 g/mol. The van der Waals surface area contributed by atoms with Gasteiger partial charge in [-0.1, -0.05) is 29.3 Å². The zero-order valence-electron chi connectivity index (χ0n) is 15.1. The highest BCUT2D eigenvalue weighted by Crippen LogP contribution is 2.54. The first-order valence-electron chi connectivity index (χ1n) is 9.36. The molecule has 3 aliphatic heterocycles. The van der Waals surface area contributed by atoms with E-state index in [0.29, 0.717) is 40.0 Å². The van der Waals surface area contributed by atoms with Gasteiger partial charge in [-0.15, -0.1) is 0 Å². The Morgan fingerprint density at radius 2 is 2.00 bits per heavy atom. The van der Waals surface area contributed by atoms with Crippen LogP contribution in [-0.2, 0) is 14.3 Å². The molecule has 2 N–H and O–H groups in total. The van der Waals surface area contributed by atoms with E-state index in [2.05, 4.69) is 4.90 Å². The van der Waals surface area contributed by atoms with Crippen molar-refractivity contribution in [2.24, 2.45) is 11.8 Å². The van der Waals surface area contributed by atoms with Crippen molar-refractivity contribution in [2.45, 2.75) is 37.3 Å². The van der Waals surface area contributed by atoms with E-state index in [0.717, 1.165) is 24.9 Å². The number of carboxylic acid groups (broad SMARTS) is 2. The lowest BCUT2D eigenvalue weighted by Gasteiger charge is -2.38. The summed E-state index contributed by atoms with van der Waals surface area (Å²) in [6, 6.07) is 6.75. The van der Waals surface area contributed by atoms with Crippen molar-refractivity contribution >= 4 is 35.1 Å². The number of hydrogen-bond acceptors (Lipinski definition) is 4. The molecule has 0 saturated carbocycles. The Morgan fingerprint density at radius 1 is 1.21 bits per heavy atom. The molecule has 4 bridgehead atoms. The highest BCUT2D eigenvalue weighted by atomic mass is 35.5. The number of nitrogens with zero attached hydrogens (tertiary/aromatic N) is 1. The van der Waals surface area contributed by atoms with Crippen molar-refractivity contribution in [1.29, 1.82) is 0 Å². The second-order valence-electron chi connectivity index (χ2n) is 7.81. The minimum atomic E-state index is -1.37. The van der Waals surface area contributed by atoms with Crippen LogP contribution in [0.2, 0.25) is 10.0 Å². The molecule has 1 aromatic carbocycles. The fourth-order valence-corrected chi connectivity index (χ4v) is 5.72. The Kier molecular flexibility index (Phi) is 5.29. The van der Waals surface area contributed by atoms with Gasteiger partial charge in [0.1, 0.15) is 0 Å². The third-order valence-corrected chi connectivity index (χ3v) is 7.14. The second-order valence-corrected chi connectivity index (χ2v) is 8.63. The first-order valence-corrected chi connectivity index (χ1v) is 10.1. The number of halogens is 2. The Labute approximate surface area is 172 Å². The monoisotopic (exact) mass is 425 g/mol. The summed E-state index contributed by atoms with van der Waals surface area (Å²) in [7, 11) is 0. The molecule has 150 valence electrons. The maximum atomic E-state index is 11.3. The minimum absolute atomic E-state index is 0.131. The molecule has 0 radical (unpaired) electrons. The van der Waals surface area contributed by atoms with E-state index >= 15 is 0 Å². The predicted molar refractivity (Wildman–Crippen MR) is 104 cm³/mol. The number of rotatable bonds is 6. The Morgan fingerprint density at radius 3 is 2.68 bits per heavy atom. The lowest BCUT2D eigenvalue weighted by atomic mass is 9.74. The van der Waals surface area contributed by atoms with E-state index in [1.807, 2.05) is 18.2 Å². The summed E-state index contributed by atoms with van der Waals surface area (Å²) in [4.78, 5) is 24.6. The Hall–Kier alpha value is -1.76. The predicted octanol–water partition coefficient (Wildman–Crippen LogP) is 3.63. The number of ether oxygens (including phenoxy) is 1. The molecule has 28 heavy (non-hydrogen) atoms. The van der Waals surface area contributed by atoms with Crippen LogP contribution in [0.15, 0.2) is 30.0 Å². The standard InChI is InChI=1S/C20H21Cl2NO5/c21-14-3-1-10(5-15(14)22)13-6-12-2-4-16-19(13)11(8-23(12)16)9-28-17(20(26)27)7-18(24)25/h1,3,5,7,11-13,16,19H,2,4,6,8-9H2,(H,24,25)(H,26,27)/b17-7-/t11-,12-,13+,16+,19+/m1/s1. The topological polar surface area (TPSA) is 87.1 Å². The first-order chi connectivity index (χ1) is 13.3. The normalized spacial score (nSPS) is 33.7. The van der Waals surface area contributed by atoms with E-state index < -0.39 is 17.7 Å². The number of carboxylic acids is 2. The minimum Gasteiger partial charge on any atom is -0.486 e. The van der Waals surface area contributed by atoms with Crippen LogP contribution in [0, 0.1) is 11.8 Å². The molecule has 0 amide bonds. The van der Waals surface area contributed by atoms with Crippen LogP contribution in [0.4, 0.5) is 0 Å². The van der Waals surface area contributed by atoms with Crippen LogP contribution < -0.4 is 0 Å². The molecule has 3 saturated heterocycles. The van der Waals surface area contributed by atoms with Gasteiger partial charge in [0.25, 0.3) is 0 Å². The summed E-state index contributed by atoms with van der Waals surface area (Å²) in [6.07, 6.45) is 3.94. The third kappa shape index (κ3) is 3.49. The fourth-order valence-electron chi connectivity index (χ4n) is 5.41. The highest BCUT2D eigenvalue weighted by Gasteiger charge is 2.55. The van der Waals surface area contributed by atoms with Gasteiger partial charge in [0.2, 0.25) is 5.76 Å². The molecule has 8 heteroatoms. The van der Waals surface area contributed by atoms with E-state index in [-0.39, 0.29) is 12.5 Å². The van der Waals surface area contributed by atoms with Gasteiger partial charge in [-0.25, -0.2) is 9.59 Å². The molecule has 6 nitrogen and oxygen atoms in total. The van der Waals surface area contributed by atoms with Crippen LogP contribution >= 0.6 is 23.2 Å². The molecule has 3 fully saturated rings. The number of carbonyl (C=O) groups is 2. The molecule has 0 aromatic heterocycles. The maximum absolute atomic E-state index is 11.3. The van der Waals surface area contributed by atoms with E-state index in [1.165, 1.54) is 6.42 Å². The quantitative estimate of drug-likeness (QED) is 0.534. The summed E-state index contributed by atoms with van der Waals surface area (Å²) >= 11 is 12.3. The number of benzene rings is 1. The van der Waals surface area contributed by atoms with Crippen LogP contribution in [-0.4, -0.2) is 52.3 Å². The molecule has 3 heterocycles. The zero-order chi connectivity index (χ0) is 20.0. The average Bonchev–Trinajstić information content (AvgIpc) is 3.05. The molecule has 1 unspecified atom stereocenters. The summed E-state index contributed by atoms with van der Waals surface area (Å²) in [5.41, 5.74) is 1.15. The lowest BCUT2D eigenvalue weighted by Crippen LogP contribution is -2.40. The van der Waals surface area contributed by atoms with Gasteiger partial charge in [0.15, 0.2) is 0 Å². The zero-order valence-corrected chi connectivity index (χ0v) is 16.6. The second kappa shape index (κ2) is 7.58. The first kappa shape index (κ1) is 19.6. The molecule has 1 aromatic rings. The molecular weight excluding hydrogens is 405 g/mol. The molecular formula is C20H21Cl2NO5. The lowest BCUT2D eigenvalue weighted by molar-refractivity contribution is -0.138. The van der Waals surface area contributed by atoms with Crippen molar-refractivity contribution in [3.05, 3.63) is 45.6 Å². The summed E-state index contributed by atoms with van der Waals surface area (Å²) in [5.74, 6) is -2.48. The van der Waals surface area contributed by atoms with E-state index in [4.69, 9.17) is 33.0 Å². The maximum Gasteiger partial charge on any atom is 0.371 e. The number of hydrogen-bond donors (Lipinski definition) is 2. The van der Waals surface area contributed by atoms with E-state index in [9.17, 15) is 14.7 Å². The Bertz CT molecular complexity index is 842. The van der Waals surface area contributed by atoms with Crippen molar-refractivity contribution < 1.29 is 24.5 Å². The highest BCUT2D eigenvalue weighted by molar-refractivity contribution is 6.42. The van der Waals surface area contributed by atoms with Crippen molar-refractivity contribution in [2.75, 3.05) is 13.2 Å². The molecule has 3 aliphatic rings. The van der Waals surface area contributed by atoms with Crippen molar-refractivity contribution in [3.63, 3.8) is 0 Å². The fraction of sp³-hybridized carbons (Fsp3) is 0.500. The molecule has 4 rings (SSSR count). The van der Waals surface area contributed by atoms with Gasteiger partial charge < -0.3 is 14.9 Å². The van der Waals surface area contributed by atoms with E-state index in [1.54, 1.807) is 0 Å². The number of aliphatic carboxylic acids is 2. The smallest absolute Gasteiger partial charge is 0.371 e. The summed E-state index contributed by atoms with van der Waals surface area (Å²) < 4.78 is 5.45.